The van der Waals surface area contributed by atoms with E-state index in [4.69, 9.17) is 16.3 Å². The second-order valence-electron chi connectivity index (χ2n) is 9.45. The molecule has 2 aromatic heterocycles. The standard InChI is InChI=1S/C26H22ClF2N5O3/c1-33-10-13-2-3-37-22-6-16(4-15(11-33)24(13)22)31-26-30-9-18(27)25(32-26)34-12-14(5-23(35)36)17-7-19(28)20(29)8-21(17)34/h4,6-9,12-13H,2-3,5,10-11H2,1H3,(H,35,36)(H,30,31,32). The van der Waals surface area contributed by atoms with Crippen LogP contribution in [0, 0.1) is 11.6 Å². The number of carboxylic acids is 1. The van der Waals surface area contributed by atoms with Crippen LogP contribution in [-0.2, 0) is 17.8 Å². The Kier molecular flexibility index (Phi) is 5.73. The number of aromatic nitrogens is 3. The Morgan fingerprint density at radius 1 is 1.27 bits per heavy atom. The molecule has 4 heterocycles. The summed E-state index contributed by atoms with van der Waals surface area (Å²) in [4.78, 5) is 22.5. The van der Waals surface area contributed by atoms with Crippen LogP contribution in [0.3, 0.4) is 0 Å². The largest absolute Gasteiger partial charge is 0.493 e. The Hall–Kier alpha value is -3.76. The maximum absolute atomic E-state index is 14.2. The summed E-state index contributed by atoms with van der Waals surface area (Å²) in [5, 5.41) is 12.9. The first-order valence-corrected chi connectivity index (χ1v) is 12.1. The van der Waals surface area contributed by atoms with Gasteiger partial charge >= 0.3 is 5.97 Å². The number of nitrogens with one attached hydrogen (secondary N) is 1. The van der Waals surface area contributed by atoms with Gasteiger partial charge < -0.3 is 20.1 Å². The highest BCUT2D eigenvalue weighted by atomic mass is 35.5. The van der Waals surface area contributed by atoms with E-state index in [1.807, 2.05) is 6.07 Å². The molecule has 11 heteroatoms. The van der Waals surface area contributed by atoms with Crippen LogP contribution in [0.25, 0.3) is 16.7 Å². The third kappa shape index (κ3) is 4.25. The van der Waals surface area contributed by atoms with Crippen molar-refractivity contribution in [3.63, 3.8) is 0 Å². The number of halogens is 3. The minimum atomic E-state index is -1.11. The normalized spacial score (nSPS) is 16.9. The Labute approximate surface area is 215 Å². The van der Waals surface area contributed by atoms with Gasteiger partial charge in [0.05, 0.1) is 24.7 Å². The molecule has 0 saturated carbocycles. The molecule has 0 amide bonds. The average molecular weight is 526 g/mol. The Bertz CT molecular complexity index is 1570. The fourth-order valence-electron chi connectivity index (χ4n) is 5.32. The average Bonchev–Trinajstić information content (AvgIpc) is 3.16. The number of anilines is 2. The van der Waals surface area contributed by atoms with E-state index in [-0.39, 0.29) is 34.1 Å². The van der Waals surface area contributed by atoms with Gasteiger partial charge in [0.1, 0.15) is 10.8 Å². The number of nitrogens with zero attached hydrogens (tertiary/aromatic N) is 4. The van der Waals surface area contributed by atoms with Gasteiger partial charge in [-0.3, -0.25) is 9.36 Å². The van der Waals surface area contributed by atoms with Crippen molar-refractivity contribution in [1.82, 2.24) is 19.4 Å². The lowest BCUT2D eigenvalue weighted by Gasteiger charge is -2.36. The summed E-state index contributed by atoms with van der Waals surface area (Å²) in [6.45, 7) is 2.46. The van der Waals surface area contributed by atoms with E-state index < -0.39 is 17.6 Å². The zero-order chi connectivity index (χ0) is 25.8. The molecule has 8 nitrogen and oxygen atoms in total. The highest BCUT2D eigenvalue weighted by molar-refractivity contribution is 6.32. The Morgan fingerprint density at radius 2 is 2.08 bits per heavy atom. The van der Waals surface area contributed by atoms with E-state index in [0.717, 1.165) is 43.1 Å². The number of hydrogen-bond acceptors (Lipinski definition) is 6. The van der Waals surface area contributed by atoms with Crippen LogP contribution < -0.4 is 10.1 Å². The van der Waals surface area contributed by atoms with Gasteiger partial charge in [-0.05, 0) is 36.7 Å². The summed E-state index contributed by atoms with van der Waals surface area (Å²) in [6.07, 6.45) is 3.48. The van der Waals surface area contributed by atoms with Crippen LogP contribution in [-0.4, -0.2) is 50.7 Å². The molecule has 2 aromatic carbocycles. The second-order valence-corrected chi connectivity index (χ2v) is 9.85. The zero-order valence-corrected chi connectivity index (χ0v) is 20.5. The van der Waals surface area contributed by atoms with Gasteiger partial charge in [-0.1, -0.05) is 11.6 Å². The predicted molar refractivity (Wildman–Crippen MR) is 134 cm³/mol. The van der Waals surface area contributed by atoms with E-state index in [9.17, 15) is 18.7 Å². The maximum Gasteiger partial charge on any atom is 0.307 e. The molecule has 2 N–H and O–H groups in total. The third-order valence-electron chi connectivity index (χ3n) is 6.81. The lowest BCUT2D eigenvalue weighted by atomic mass is 9.85. The second kappa shape index (κ2) is 8.97. The molecule has 0 fully saturated rings. The van der Waals surface area contributed by atoms with Gasteiger partial charge in [0.2, 0.25) is 5.95 Å². The first kappa shape index (κ1) is 23.6. The molecule has 1 unspecified atom stereocenters. The zero-order valence-electron chi connectivity index (χ0n) is 19.8. The topological polar surface area (TPSA) is 92.5 Å². The van der Waals surface area contributed by atoms with E-state index in [1.54, 1.807) is 0 Å². The van der Waals surface area contributed by atoms with Gasteiger partial charge in [-0.25, -0.2) is 13.8 Å². The number of likely N-dealkylation sites (N-methyl/N-ethyl adjacent to an activating group) is 1. The van der Waals surface area contributed by atoms with Crippen molar-refractivity contribution in [3.8, 4) is 11.6 Å². The molecular formula is C26H22ClF2N5O3. The molecule has 4 aromatic rings. The Balaban J connectivity index is 1.41. The summed E-state index contributed by atoms with van der Waals surface area (Å²) >= 11 is 6.42. The first-order chi connectivity index (χ1) is 17.8. The molecule has 6 rings (SSSR count). The Morgan fingerprint density at radius 3 is 2.89 bits per heavy atom. The number of ether oxygens (including phenoxy) is 1. The van der Waals surface area contributed by atoms with Crippen LogP contribution in [0.4, 0.5) is 20.4 Å². The SMILES string of the molecule is CN1Cc2cc(Nc3ncc(Cl)c(-n4cc(CC(=O)O)c5cc(F)c(F)cc54)n3)cc3c2C(CCO3)C1. The summed E-state index contributed by atoms with van der Waals surface area (Å²) in [7, 11) is 2.10. The molecule has 0 aliphatic carbocycles. The van der Waals surface area contributed by atoms with Gasteiger partial charge in [-0.2, -0.15) is 4.98 Å². The van der Waals surface area contributed by atoms with Crippen molar-refractivity contribution < 1.29 is 23.4 Å². The number of rotatable bonds is 5. The molecule has 2 aliphatic rings. The van der Waals surface area contributed by atoms with Gasteiger partial charge in [0.15, 0.2) is 17.5 Å². The van der Waals surface area contributed by atoms with E-state index in [2.05, 4.69) is 33.3 Å². The van der Waals surface area contributed by atoms with Gasteiger partial charge in [0, 0.05) is 54.0 Å². The minimum Gasteiger partial charge on any atom is -0.493 e. The predicted octanol–water partition coefficient (Wildman–Crippen LogP) is 5.03. The summed E-state index contributed by atoms with van der Waals surface area (Å²) < 4.78 is 35.6. The monoisotopic (exact) mass is 525 g/mol. The molecule has 0 bridgehead atoms. The van der Waals surface area contributed by atoms with Crippen molar-refractivity contribution in [2.75, 3.05) is 25.5 Å². The molecule has 37 heavy (non-hydrogen) atoms. The molecule has 2 aliphatic heterocycles. The van der Waals surface area contributed by atoms with Crippen LogP contribution >= 0.6 is 11.6 Å². The number of carbonyl (C=O) groups is 1. The van der Waals surface area contributed by atoms with E-state index in [1.165, 1.54) is 28.1 Å². The number of aliphatic carboxylic acids is 1. The molecule has 0 radical (unpaired) electrons. The van der Waals surface area contributed by atoms with E-state index in [0.29, 0.717) is 18.1 Å². The molecule has 0 spiro atoms. The lowest BCUT2D eigenvalue weighted by molar-refractivity contribution is -0.136. The summed E-state index contributed by atoms with van der Waals surface area (Å²) in [5.74, 6) is -1.52. The van der Waals surface area contributed by atoms with Crippen molar-refractivity contribution in [2.45, 2.75) is 25.3 Å². The molecule has 0 saturated heterocycles. The third-order valence-corrected chi connectivity index (χ3v) is 7.08. The van der Waals surface area contributed by atoms with E-state index >= 15 is 0 Å². The number of carboxylic acid groups (broad SMARTS) is 1. The van der Waals surface area contributed by atoms with Crippen LogP contribution in [0.1, 0.15) is 29.0 Å². The smallest absolute Gasteiger partial charge is 0.307 e. The maximum atomic E-state index is 14.2. The van der Waals surface area contributed by atoms with Crippen molar-refractivity contribution in [2.24, 2.45) is 0 Å². The van der Waals surface area contributed by atoms with Crippen molar-refractivity contribution >= 4 is 40.1 Å². The number of fused-ring (bicyclic) bond motifs is 1. The van der Waals surface area contributed by atoms with Crippen LogP contribution in [0.15, 0.2) is 36.7 Å². The van der Waals surface area contributed by atoms with Crippen molar-refractivity contribution in [1.29, 1.82) is 0 Å². The van der Waals surface area contributed by atoms with Crippen LogP contribution in [0.5, 0.6) is 5.75 Å². The van der Waals surface area contributed by atoms with Gasteiger partial charge in [-0.15, -0.1) is 0 Å². The fraction of sp³-hybridized carbons (Fsp3) is 0.269. The molecule has 190 valence electrons. The highest BCUT2D eigenvalue weighted by Crippen LogP contribution is 2.42. The van der Waals surface area contributed by atoms with Crippen LogP contribution in [0.2, 0.25) is 5.02 Å². The minimum absolute atomic E-state index is 0.155. The number of hydrogen-bond donors (Lipinski definition) is 2. The molecule has 1 atom stereocenters. The van der Waals surface area contributed by atoms with Crippen molar-refractivity contribution in [3.05, 3.63) is 70.0 Å². The summed E-state index contributed by atoms with van der Waals surface area (Å²) in [6, 6.07) is 5.97. The number of benzene rings is 2. The molecular weight excluding hydrogens is 504 g/mol. The quantitative estimate of drug-likeness (QED) is 0.377. The fourth-order valence-corrected chi connectivity index (χ4v) is 5.51. The lowest BCUT2D eigenvalue weighted by Crippen LogP contribution is -2.33. The first-order valence-electron chi connectivity index (χ1n) is 11.8. The summed E-state index contributed by atoms with van der Waals surface area (Å²) in [5.41, 5.74) is 3.72. The highest BCUT2D eigenvalue weighted by Gasteiger charge is 2.30. The van der Waals surface area contributed by atoms with Gasteiger partial charge in [0.25, 0.3) is 0 Å².